The van der Waals surface area contributed by atoms with E-state index in [0.29, 0.717) is 12.7 Å². The zero-order valence-corrected chi connectivity index (χ0v) is 14.0. The van der Waals surface area contributed by atoms with Gasteiger partial charge >= 0.3 is 0 Å². The molecule has 3 fully saturated rings. The van der Waals surface area contributed by atoms with Crippen molar-refractivity contribution in [3.8, 4) is 0 Å². The second-order valence-electron chi connectivity index (χ2n) is 7.48. The van der Waals surface area contributed by atoms with Crippen LogP contribution in [0.4, 0.5) is 0 Å². The highest BCUT2D eigenvalue weighted by Crippen LogP contribution is 2.42. The van der Waals surface area contributed by atoms with Crippen LogP contribution in [0, 0.1) is 5.41 Å². The average molecular weight is 316 g/mol. The number of hydrogen-bond acceptors (Lipinski definition) is 4. The van der Waals surface area contributed by atoms with Crippen LogP contribution in [0.1, 0.15) is 44.2 Å². The Morgan fingerprint density at radius 1 is 1.26 bits per heavy atom. The van der Waals surface area contributed by atoms with E-state index >= 15 is 0 Å². The maximum absolute atomic E-state index is 6.15. The van der Waals surface area contributed by atoms with Crippen molar-refractivity contribution in [1.29, 1.82) is 0 Å². The van der Waals surface area contributed by atoms with Crippen molar-refractivity contribution < 1.29 is 9.47 Å². The van der Waals surface area contributed by atoms with Crippen LogP contribution in [0.15, 0.2) is 24.4 Å². The summed E-state index contributed by atoms with van der Waals surface area (Å²) in [7, 11) is 0. The van der Waals surface area contributed by atoms with Gasteiger partial charge in [-0.2, -0.15) is 0 Å². The van der Waals surface area contributed by atoms with Crippen LogP contribution in [0.5, 0.6) is 0 Å². The van der Waals surface area contributed by atoms with Crippen molar-refractivity contribution in [3.05, 3.63) is 30.1 Å². The molecule has 4 nitrogen and oxygen atoms in total. The Labute approximate surface area is 139 Å². The van der Waals surface area contributed by atoms with E-state index in [1.165, 1.54) is 45.1 Å². The number of pyridine rings is 1. The summed E-state index contributed by atoms with van der Waals surface area (Å²) in [6.07, 6.45) is 9.98. The van der Waals surface area contributed by atoms with Crippen molar-refractivity contribution in [2.75, 3.05) is 26.3 Å². The average Bonchev–Trinajstić information content (AvgIpc) is 2.54. The molecule has 2 saturated heterocycles. The zero-order chi connectivity index (χ0) is 15.5. The topological polar surface area (TPSA) is 34.6 Å². The van der Waals surface area contributed by atoms with Crippen molar-refractivity contribution >= 4 is 0 Å². The number of fused-ring (bicyclic) bond motifs is 1. The number of aromatic nitrogens is 1. The highest BCUT2D eigenvalue weighted by molar-refractivity contribution is 5.03. The summed E-state index contributed by atoms with van der Waals surface area (Å²) in [6.45, 7) is 4.70. The highest BCUT2D eigenvalue weighted by Gasteiger charge is 2.47. The maximum Gasteiger partial charge on any atom is 0.0888 e. The third-order valence-corrected chi connectivity index (χ3v) is 5.97. The number of nitrogens with zero attached hydrogens (tertiary/aromatic N) is 2. The van der Waals surface area contributed by atoms with Crippen LogP contribution in [-0.4, -0.2) is 48.3 Å². The molecule has 1 saturated carbocycles. The number of likely N-dealkylation sites (tertiary alicyclic amines) is 1. The maximum atomic E-state index is 6.15. The van der Waals surface area contributed by atoms with Crippen LogP contribution in [0.2, 0.25) is 0 Å². The van der Waals surface area contributed by atoms with E-state index in [1.807, 2.05) is 24.4 Å². The van der Waals surface area contributed by atoms with Gasteiger partial charge in [0.2, 0.25) is 0 Å². The van der Waals surface area contributed by atoms with Gasteiger partial charge in [0.15, 0.2) is 0 Å². The lowest BCUT2D eigenvalue weighted by atomic mass is 9.72. The SMILES string of the molecule is c1ccc(COC[C@]23CCCO[C@@H]2CCN(C2CCC2)C3)nc1. The predicted molar refractivity (Wildman–Crippen MR) is 89.1 cm³/mol. The predicted octanol–water partition coefficient (Wildman–Crippen LogP) is 3.02. The molecule has 2 atom stereocenters. The molecule has 1 aromatic heterocycles. The van der Waals surface area contributed by atoms with Crippen LogP contribution in [-0.2, 0) is 16.1 Å². The summed E-state index contributed by atoms with van der Waals surface area (Å²) in [5.74, 6) is 0. The fraction of sp³-hybridized carbons (Fsp3) is 0.737. The first-order valence-corrected chi connectivity index (χ1v) is 9.19. The Kier molecular flexibility index (Phi) is 4.65. The molecule has 0 unspecified atom stereocenters. The quantitative estimate of drug-likeness (QED) is 0.836. The van der Waals surface area contributed by atoms with Gasteiger partial charge in [0.25, 0.3) is 0 Å². The molecular weight excluding hydrogens is 288 g/mol. The number of hydrogen-bond donors (Lipinski definition) is 0. The summed E-state index contributed by atoms with van der Waals surface area (Å²) in [5.41, 5.74) is 1.21. The number of ether oxygens (including phenoxy) is 2. The van der Waals surface area contributed by atoms with Crippen molar-refractivity contribution in [3.63, 3.8) is 0 Å². The van der Waals surface area contributed by atoms with Gasteiger partial charge in [-0.15, -0.1) is 0 Å². The van der Waals surface area contributed by atoms with Gasteiger partial charge in [0.1, 0.15) is 0 Å². The molecule has 0 bridgehead atoms. The fourth-order valence-corrected chi connectivity index (χ4v) is 4.44. The van der Waals surface area contributed by atoms with Crippen molar-refractivity contribution in [1.82, 2.24) is 9.88 Å². The normalized spacial score (nSPS) is 32.3. The molecule has 0 N–H and O–H groups in total. The summed E-state index contributed by atoms with van der Waals surface area (Å²) >= 11 is 0. The molecule has 3 heterocycles. The van der Waals surface area contributed by atoms with Crippen molar-refractivity contribution in [2.45, 2.75) is 57.3 Å². The summed E-state index contributed by atoms with van der Waals surface area (Å²) in [6, 6.07) is 6.83. The number of rotatable bonds is 5. The second-order valence-corrected chi connectivity index (χ2v) is 7.48. The molecule has 0 aromatic carbocycles. The lowest BCUT2D eigenvalue weighted by Gasteiger charge is -2.53. The van der Waals surface area contributed by atoms with Gasteiger partial charge in [-0.25, -0.2) is 0 Å². The smallest absolute Gasteiger partial charge is 0.0888 e. The monoisotopic (exact) mass is 316 g/mol. The van der Waals surface area contributed by atoms with Crippen LogP contribution >= 0.6 is 0 Å². The first-order chi connectivity index (χ1) is 11.4. The van der Waals surface area contributed by atoms with Gasteiger partial charge in [-0.1, -0.05) is 12.5 Å². The van der Waals surface area contributed by atoms with Gasteiger partial charge in [0, 0.05) is 37.4 Å². The number of piperidine rings is 1. The Hall–Kier alpha value is -0.970. The Morgan fingerprint density at radius 3 is 3.00 bits per heavy atom. The van der Waals surface area contributed by atoms with E-state index in [4.69, 9.17) is 9.47 Å². The molecule has 0 spiro atoms. The largest absolute Gasteiger partial charge is 0.377 e. The van der Waals surface area contributed by atoms with Gasteiger partial charge in [0.05, 0.1) is 25.0 Å². The zero-order valence-electron chi connectivity index (χ0n) is 14.0. The lowest BCUT2D eigenvalue weighted by molar-refractivity contribution is -0.163. The fourth-order valence-electron chi connectivity index (χ4n) is 4.44. The molecule has 4 rings (SSSR count). The molecule has 126 valence electrons. The minimum absolute atomic E-state index is 0.195. The molecule has 4 heteroatoms. The van der Waals surface area contributed by atoms with E-state index in [1.54, 1.807) is 0 Å². The van der Waals surface area contributed by atoms with Gasteiger partial charge in [-0.05, 0) is 44.2 Å². The molecule has 3 aliphatic rings. The standard InChI is InChI=1S/C19H28N2O2/c1-2-10-20-16(5-1)13-22-15-19-9-4-12-23-18(19)8-11-21(14-19)17-6-3-7-17/h1-2,5,10,17-18H,3-4,6-9,11-15H2/t18-,19-/m1/s1. The van der Waals surface area contributed by atoms with E-state index in [9.17, 15) is 0 Å². The Morgan fingerprint density at radius 2 is 2.22 bits per heavy atom. The summed E-state index contributed by atoms with van der Waals surface area (Å²) in [4.78, 5) is 7.08. The molecular formula is C19H28N2O2. The van der Waals surface area contributed by atoms with Crippen LogP contribution in [0.25, 0.3) is 0 Å². The molecule has 0 amide bonds. The molecule has 2 aliphatic heterocycles. The van der Waals surface area contributed by atoms with E-state index in [2.05, 4.69) is 9.88 Å². The molecule has 0 radical (unpaired) electrons. The first kappa shape index (κ1) is 15.6. The Balaban J connectivity index is 1.40. The molecule has 1 aliphatic carbocycles. The van der Waals surface area contributed by atoms with Crippen molar-refractivity contribution in [2.24, 2.45) is 5.41 Å². The highest BCUT2D eigenvalue weighted by atomic mass is 16.5. The minimum Gasteiger partial charge on any atom is -0.377 e. The summed E-state index contributed by atoms with van der Waals surface area (Å²) in [5, 5.41) is 0. The summed E-state index contributed by atoms with van der Waals surface area (Å²) < 4.78 is 12.3. The Bertz CT molecular complexity index is 505. The third-order valence-electron chi connectivity index (χ3n) is 5.97. The van der Waals surface area contributed by atoms with E-state index in [0.717, 1.165) is 31.5 Å². The van der Waals surface area contributed by atoms with E-state index < -0.39 is 0 Å². The van der Waals surface area contributed by atoms with Gasteiger partial charge < -0.3 is 9.47 Å². The van der Waals surface area contributed by atoms with Gasteiger partial charge in [-0.3, -0.25) is 9.88 Å². The van der Waals surface area contributed by atoms with E-state index in [-0.39, 0.29) is 5.41 Å². The molecule has 1 aromatic rings. The van der Waals surface area contributed by atoms with Crippen LogP contribution in [0.3, 0.4) is 0 Å². The molecule has 23 heavy (non-hydrogen) atoms. The first-order valence-electron chi connectivity index (χ1n) is 9.19. The second kappa shape index (κ2) is 6.88. The van der Waals surface area contributed by atoms with Crippen LogP contribution < -0.4 is 0 Å². The lowest BCUT2D eigenvalue weighted by Crippen LogP contribution is -2.59. The minimum atomic E-state index is 0.195. The third kappa shape index (κ3) is 3.30.